The summed E-state index contributed by atoms with van der Waals surface area (Å²) >= 11 is 3.42. The van der Waals surface area contributed by atoms with Gasteiger partial charge in [0.25, 0.3) is 0 Å². The molecule has 1 aliphatic carbocycles. The van der Waals surface area contributed by atoms with Gasteiger partial charge in [-0.3, -0.25) is 4.79 Å². The fourth-order valence-corrected chi connectivity index (χ4v) is 2.28. The predicted molar refractivity (Wildman–Crippen MR) is 54.6 cm³/mol. The largest absolute Gasteiger partial charge is 0.300 e. The van der Waals surface area contributed by atoms with Gasteiger partial charge in [0.05, 0.1) is 0 Å². The number of carbonyl (C=O) groups excluding carboxylic acids is 1. The summed E-state index contributed by atoms with van der Waals surface area (Å²) in [6.45, 7) is 0. The van der Waals surface area contributed by atoms with Crippen LogP contribution in [0.4, 0.5) is 0 Å². The number of halogens is 1. The zero-order valence-electron chi connectivity index (χ0n) is 7.52. The molecule has 0 radical (unpaired) electrons. The summed E-state index contributed by atoms with van der Waals surface area (Å²) in [5.74, 6) is 1.20. The minimum Gasteiger partial charge on any atom is -0.300 e. The van der Waals surface area contributed by atoms with Gasteiger partial charge in [-0.2, -0.15) is 0 Å². The summed E-state index contributed by atoms with van der Waals surface area (Å²) in [5, 5.41) is 1.10. The van der Waals surface area contributed by atoms with Crippen molar-refractivity contribution in [1.82, 2.24) is 0 Å². The molecule has 0 amide bonds. The predicted octanol–water partition coefficient (Wildman–Crippen LogP) is 3.31. The van der Waals surface area contributed by atoms with E-state index in [1.54, 1.807) is 0 Å². The van der Waals surface area contributed by atoms with Crippen molar-refractivity contribution in [3.05, 3.63) is 0 Å². The highest BCUT2D eigenvalue weighted by Crippen LogP contribution is 2.25. The third kappa shape index (κ3) is 3.70. The van der Waals surface area contributed by atoms with Gasteiger partial charge >= 0.3 is 0 Å². The van der Waals surface area contributed by atoms with Crippen molar-refractivity contribution in [3.8, 4) is 0 Å². The molecule has 0 N–H and O–H groups in total. The smallest absolute Gasteiger partial charge is 0.133 e. The summed E-state index contributed by atoms with van der Waals surface area (Å²) in [5.41, 5.74) is 0. The molecule has 0 saturated heterocycles. The van der Waals surface area contributed by atoms with Crippen LogP contribution in [0.2, 0.25) is 0 Å². The van der Waals surface area contributed by atoms with E-state index < -0.39 is 0 Å². The molecule has 1 unspecified atom stereocenters. The molecule has 1 rings (SSSR count). The standard InChI is InChI=1S/C10H17BrO/c11-7-2-1-4-9-5-3-6-10(12)8-9/h9H,1-8H2. The number of alkyl halides is 1. The first kappa shape index (κ1) is 10.2. The molecule has 12 heavy (non-hydrogen) atoms. The zero-order valence-corrected chi connectivity index (χ0v) is 9.11. The van der Waals surface area contributed by atoms with Gasteiger partial charge in [0.2, 0.25) is 0 Å². The average molecular weight is 233 g/mol. The van der Waals surface area contributed by atoms with Gasteiger partial charge in [-0.05, 0) is 31.6 Å². The number of hydrogen-bond donors (Lipinski definition) is 0. The second-order valence-electron chi connectivity index (χ2n) is 3.69. The topological polar surface area (TPSA) is 17.1 Å². The van der Waals surface area contributed by atoms with E-state index in [1.807, 2.05) is 0 Å². The summed E-state index contributed by atoms with van der Waals surface area (Å²) in [6.07, 6.45) is 7.92. The molecule has 0 aliphatic heterocycles. The Hall–Kier alpha value is 0.150. The monoisotopic (exact) mass is 232 g/mol. The maximum atomic E-state index is 11.1. The first-order chi connectivity index (χ1) is 5.83. The van der Waals surface area contributed by atoms with Crippen LogP contribution in [0.1, 0.15) is 44.9 Å². The molecule has 0 bridgehead atoms. The van der Waals surface area contributed by atoms with Crippen LogP contribution in [-0.4, -0.2) is 11.1 Å². The SMILES string of the molecule is O=C1CCCC(CCCCBr)C1. The number of Topliss-reactive ketones (excluding diaryl/α,β-unsaturated/α-hetero) is 1. The number of ketones is 1. The molecule has 1 atom stereocenters. The van der Waals surface area contributed by atoms with E-state index in [2.05, 4.69) is 15.9 Å². The van der Waals surface area contributed by atoms with E-state index in [9.17, 15) is 4.79 Å². The number of carbonyl (C=O) groups is 1. The first-order valence-corrected chi connectivity index (χ1v) is 6.02. The maximum Gasteiger partial charge on any atom is 0.133 e. The van der Waals surface area contributed by atoms with Crippen molar-refractivity contribution < 1.29 is 4.79 Å². The third-order valence-corrected chi connectivity index (χ3v) is 3.14. The molecule has 1 aliphatic rings. The van der Waals surface area contributed by atoms with Gasteiger partial charge in [-0.1, -0.05) is 22.4 Å². The van der Waals surface area contributed by atoms with Gasteiger partial charge in [-0.15, -0.1) is 0 Å². The van der Waals surface area contributed by atoms with Crippen molar-refractivity contribution in [2.75, 3.05) is 5.33 Å². The van der Waals surface area contributed by atoms with Crippen molar-refractivity contribution in [2.24, 2.45) is 5.92 Å². The van der Waals surface area contributed by atoms with Gasteiger partial charge in [0.1, 0.15) is 5.78 Å². The van der Waals surface area contributed by atoms with E-state index in [-0.39, 0.29) is 0 Å². The normalized spacial score (nSPS) is 24.4. The minimum absolute atomic E-state index is 0.491. The minimum atomic E-state index is 0.491. The lowest BCUT2D eigenvalue weighted by molar-refractivity contribution is -0.121. The summed E-state index contributed by atoms with van der Waals surface area (Å²) in [7, 11) is 0. The lowest BCUT2D eigenvalue weighted by Crippen LogP contribution is -2.14. The van der Waals surface area contributed by atoms with Gasteiger partial charge in [0.15, 0.2) is 0 Å². The number of unbranched alkanes of at least 4 members (excludes halogenated alkanes) is 1. The van der Waals surface area contributed by atoms with Crippen LogP contribution in [0.25, 0.3) is 0 Å². The van der Waals surface area contributed by atoms with E-state index >= 15 is 0 Å². The quantitative estimate of drug-likeness (QED) is 0.537. The van der Waals surface area contributed by atoms with Crippen LogP contribution in [0, 0.1) is 5.92 Å². The van der Waals surface area contributed by atoms with Crippen LogP contribution in [0.15, 0.2) is 0 Å². The molecule has 0 heterocycles. The second kappa shape index (κ2) is 5.74. The third-order valence-electron chi connectivity index (χ3n) is 2.58. The molecule has 1 saturated carbocycles. The Morgan fingerprint density at radius 2 is 2.25 bits per heavy atom. The summed E-state index contributed by atoms with van der Waals surface area (Å²) in [6, 6.07) is 0. The second-order valence-corrected chi connectivity index (χ2v) is 4.48. The van der Waals surface area contributed by atoms with E-state index in [0.717, 1.165) is 24.6 Å². The van der Waals surface area contributed by atoms with Crippen molar-refractivity contribution >= 4 is 21.7 Å². The lowest BCUT2D eigenvalue weighted by atomic mass is 9.85. The molecule has 70 valence electrons. The average Bonchev–Trinajstić information content (AvgIpc) is 2.05. The molecule has 2 heteroatoms. The maximum absolute atomic E-state index is 11.1. The molecular weight excluding hydrogens is 216 g/mol. The Kier molecular flexibility index (Phi) is 4.89. The van der Waals surface area contributed by atoms with Crippen LogP contribution in [0.5, 0.6) is 0 Å². The lowest BCUT2D eigenvalue weighted by Gasteiger charge is -2.20. The Morgan fingerprint density at radius 3 is 2.92 bits per heavy atom. The molecule has 1 nitrogen and oxygen atoms in total. The summed E-state index contributed by atoms with van der Waals surface area (Å²) in [4.78, 5) is 11.1. The van der Waals surface area contributed by atoms with Crippen LogP contribution in [0.3, 0.4) is 0 Å². The van der Waals surface area contributed by atoms with E-state index in [0.29, 0.717) is 11.7 Å². The Morgan fingerprint density at radius 1 is 1.42 bits per heavy atom. The van der Waals surface area contributed by atoms with Gasteiger partial charge < -0.3 is 0 Å². The highest BCUT2D eigenvalue weighted by molar-refractivity contribution is 9.09. The number of rotatable bonds is 4. The summed E-state index contributed by atoms with van der Waals surface area (Å²) < 4.78 is 0. The molecular formula is C10H17BrO. The van der Waals surface area contributed by atoms with E-state index in [1.165, 1.54) is 25.7 Å². The highest BCUT2D eigenvalue weighted by Gasteiger charge is 2.18. The fraction of sp³-hybridized carbons (Fsp3) is 0.900. The fourth-order valence-electron chi connectivity index (χ4n) is 1.89. The number of hydrogen-bond acceptors (Lipinski definition) is 1. The Bertz CT molecular complexity index is 145. The molecule has 0 aromatic rings. The van der Waals surface area contributed by atoms with Crippen LogP contribution >= 0.6 is 15.9 Å². The van der Waals surface area contributed by atoms with E-state index in [4.69, 9.17) is 0 Å². The zero-order chi connectivity index (χ0) is 8.81. The van der Waals surface area contributed by atoms with Gasteiger partial charge in [0, 0.05) is 18.2 Å². The van der Waals surface area contributed by atoms with Crippen molar-refractivity contribution in [2.45, 2.75) is 44.9 Å². The molecule has 0 aromatic heterocycles. The first-order valence-electron chi connectivity index (χ1n) is 4.90. The van der Waals surface area contributed by atoms with Crippen LogP contribution in [-0.2, 0) is 4.79 Å². The van der Waals surface area contributed by atoms with Crippen molar-refractivity contribution in [3.63, 3.8) is 0 Å². The van der Waals surface area contributed by atoms with Crippen molar-refractivity contribution in [1.29, 1.82) is 0 Å². The molecule has 0 spiro atoms. The van der Waals surface area contributed by atoms with Gasteiger partial charge in [-0.25, -0.2) is 0 Å². The molecule has 1 fully saturated rings. The molecule has 0 aromatic carbocycles. The van der Waals surface area contributed by atoms with Crippen LogP contribution < -0.4 is 0 Å². The Balaban J connectivity index is 2.10. The Labute approximate surface area is 83.0 Å². The highest BCUT2D eigenvalue weighted by atomic mass is 79.9.